The maximum Gasteiger partial charge on any atom is 0.472 e. The van der Waals surface area contributed by atoms with E-state index < -0.39 is 97.5 Å². The third-order valence-electron chi connectivity index (χ3n) is 16.4. The first-order valence-electron chi connectivity index (χ1n) is 36.7. The first-order chi connectivity index (χ1) is 43.8. The van der Waals surface area contributed by atoms with E-state index in [4.69, 9.17) is 37.0 Å². The normalized spacial score (nSPS) is 14.6. The quantitative estimate of drug-likeness (QED) is 0.0169. The van der Waals surface area contributed by atoms with Crippen molar-refractivity contribution >= 4 is 39.5 Å². The van der Waals surface area contributed by atoms with Crippen LogP contribution in [0.2, 0.25) is 0 Å². The molecule has 91 heavy (non-hydrogen) atoms. The molecule has 0 fully saturated rings. The summed E-state index contributed by atoms with van der Waals surface area (Å²) >= 11 is 0. The van der Waals surface area contributed by atoms with Crippen molar-refractivity contribution in [2.45, 2.75) is 356 Å². The number of rotatable bonds is 68. The number of unbranched alkanes of at least 4 members (excludes halogenated alkanes) is 32. The smallest absolute Gasteiger partial charge is 0.462 e. The van der Waals surface area contributed by atoms with Crippen LogP contribution in [0.15, 0.2) is 24.3 Å². The van der Waals surface area contributed by atoms with Gasteiger partial charge in [-0.25, -0.2) is 9.13 Å². The van der Waals surface area contributed by atoms with Crippen molar-refractivity contribution in [1.82, 2.24) is 0 Å². The van der Waals surface area contributed by atoms with Crippen molar-refractivity contribution in [1.29, 1.82) is 0 Å². The Kier molecular flexibility index (Phi) is 60.7. The van der Waals surface area contributed by atoms with Gasteiger partial charge in [0.2, 0.25) is 0 Å². The van der Waals surface area contributed by atoms with Crippen LogP contribution in [-0.2, 0) is 65.4 Å². The molecule has 0 bridgehead atoms. The van der Waals surface area contributed by atoms with Crippen LogP contribution in [0, 0.1) is 17.8 Å². The van der Waals surface area contributed by atoms with Gasteiger partial charge in [0.25, 0.3) is 0 Å². The number of aliphatic hydroxyl groups is 1. The Morgan fingerprint density at radius 3 is 0.978 bits per heavy atom. The second-order valence-electron chi connectivity index (χ2n) is 26.5. The molecule has 0 radical (unpaired) electrons. The van der Waals surface area contributed by atoms with Gasteiger partial charge in [0, 0.05) is 25.7 Å². The Labute approximate surface area is 554 Å². The van der Waals surface area contributed by atoms with Gasteiger partial charge in [-0.3, -0.25) is 37.3 Å². The van der Waals surface area contributed by atoms with Gasteiger partial charge in [0.05, 0.1) is 26.4 Å². The summed E-state index contributed by atoms with van der Waals surface area (Å²) in [5, 5.41) is 10.6. The Balaban J connectivity index is 5.29. The molecule has 17 nitrogen and oxygen atoms in total. The fourth-order valence-corrected chi connectivity index (χ4v) is 11.9. The lowest BCUT2D eigenvalue weighted by Gasteiger charge is -2.21. The predicted octanol–water partition coefficient (Wildman–Crippen LogP) is 20.2. The van der Waals surface area contributed by atoms with Crippen molar-refractivity contribution in [2.24, 2.45) is 17.8 Å². The maximum absolute atomic E-state index is 13.0. The zero-order chi connectivity index (χ0) is 67.3. The van der Waals surface area contributed by atoms with Crippen LogP contribution in [-0.4, -0.2) is 96.7 Å². The average Bonchev–Trinajstić information content (AvgIpc) is 3.65. The van der Waals surface area contributed by atoms with E-state index in [1.165, 1.54) is 128 Å². The van der Waals surface area contributed by atoms with Crippen molar-refractivity contribution < 1.29 is 80.2 Å². The minimum Gasteiger partial charge on any atom is -0.462 e. The van der Waals surface area contributed by atoms with Crippen LogP contribution in [0.25, 0.3) is 0 Å². The van der Waals surface area contributed by atoms with Crippen LogP contribution in [0.3, 0.4) is 0 Å². The summed E-state index contributed by atoms with van der Waals surface area (Å²) in [7, 11) is -9.92. The molecule has 0 aromatic heterocycles. The van der Waals surface area contributed by atoms with Gasteiger partial charge in [-0.15, -0.1) is 0 Å². The Hall–Kier alpha value is -2.46. The summed E-state index contributed by atoms with van der Waals surface area (Å²) < 4.78 is 68.3. The van der Waals surface area contributed by atoms with Crippen LogP contribution in [0.5, 0.6) is 0 Å². The minimum absolute atomic E-state index is 0.0843. The number of esters is 4. The number of hydrogen-bond donors (Lipinski definition) is 3. The molecule has 0 spiro atoms. The number of phosphoric ester groups is 2. The molecule has 0 heterocycles. The van der Waals surface area contributed by atoms with E-state index in [0.717, 1.165) is 121 Å². The Bertz CT molecular complexity index is 1880. The highest BCUT2D eigenvalue weighted by Crippen LogP contribution is 2.45. The molecule has 6 atom stereocenters. The maximum atomic E-state index is 13.0. The van der Waals surface area contributed by atoms with Gasteiger partial charge < -0.3 is 33.8 Å². The van der Waals surface area contributed by atoms with Gasteiger partial charge >= 0.3 is 39.5 Å². The first-order valence-corrected chi connectivity index (χ1v) is 39.7. The molecule has 0 aliphatic rings. The van der Waals surface area contributed by atoms with Crippen molar-refractivity contribution in [3.8, 4) is 0 Å². The molecule has 536 valence electrons. The van der Waals surface area contributed by atoms with E-state index in [2.05, 4.69) is 72.8 Å². The molecule has 0 saturated heterocycles. The van der Waals surface area contributed by atoms with Gasteiger partial charge in [-0.1, -0.05) is 285 Å². The lowest BCUT2D eigenvalue weighted by Crippen LogP contribution is -2.30. The molecule has 3 N–H and O–H groups in total. The fourth-order valence-electron chi connectivity index (χ4n) is 10.3. The average molecular weight is 1340 g/mol. The molecule has 0 aliphatic heterocycles. The minimum atomic E-state index is -4.96. The molecule has 0 saturated carbocycles. The summed E-state index contributed by atoms with van der Waals surface area (Å²) in [5.74, 6) is 0.0787. The number of allylic oxidation sites excluding steroid dienone is 4. The molecule has 0 rings (SSSR count). The van der Waals surface area contributed by atoms with Gasteiger partial charge in [-0.2, -0.15) is 0 Å². The van der Waals surface area contributed by atoms with E-state index in [9.17, 15) is 43.2 Å². The lowest BCUT2D eigenvalue weighted by atomic mass is 9.99. The number of aliphatic hydroxyl groups excluding tert-OH is 1. The Morgan fingerprint density at radius 1 is 0.363 bits per heavy atom. The lowest BCUT2D eigenvalue weighted by molar-refractivity contribution is -0.161. The van der Waals surface area contributed by atoms with Crippen molar-refractivity contribution in [2.75, 3.05) is 39.6 Å². The molecule has 0 aromatic carbocycles. The topological polar surface area (TPSA) is 237 Å². The van der Waals surface area contributed by atoms with E-state index in [0.29, 0.717) is 31.6 Å². The number of carbonyl (C=O) groups is 4. The van der Waals surface area contributed by atoms with Crippen LogP contribution >= 0.6 is 15.6 Å². The second kappa shape index (κ2) is 62.4. The van der Waals surface area contributed by atoms with Crippen LogP contribution < -0.4 is 0 Å². The van der Waals surface area contributed by atoms with E-state index in [-0.39, 0.29) is 25.7 Å². The first kappa shape index (κ1) is 88.5. The third-order valence-corrected chi connectivity index (χ3v) is 18.3. The summed E-state index contributed by atoms with van der Waals surface area (Å²) in [5.41, 5.74) is 0. The predicted molar refractivity (Wildman–Crippen MR) is 367 cm³/mol. The largest absolute Gasteiger partial charge is 0.472 e. The zero-order valence-electron chi connectivity index (χ0n) is 58.8. The third kappa shape index (κ3) is 64.6. The molecule has 3 unspecified atom stereocenters. The molecular formula is C72H136O17P2. The summed E-state index contributed by atoms with van der Waals surface area (Å²) in [6.07, 6.45) is 49.4. The molecule has 0 amide bonds. The standard InChI is InChI=1S/C72H136O17P2/c1-8-10-11-12-13-14-15-16-17-18-19-27-32-41-48-55-71(76)88-67(59-82-69(74)53-46-39-31-26-22-20-24-29-36-43-50-63(3)4)61-86-90(78,79)84-57-66(73)58-85-91(80,81)87-62-68(60-83-70(75)54-47-40-35-34-37-44-51-64(5)6)89-72(77)56-49-42-33-28-23-21-25-30-38-45-52-65(7)9-2/h14-17,63-68,73H,8-13,18-62H2,1-7H3,(H,78,79)(H,80,81)/b15-14-,17-16-/t65?,66-,67-,68-/m1/s1. The number of ether oxygens (including phenoxy) is 4. The second-order valence-corrected chi connectivity index (χ2v) is 29.4. The van der Waals surface area contributed by atoms with Gasteiger partial charge in [0.1, 0.15) is 19.3 Å². The SMILES string of the molecule is CCCCCC/C=C\C=C/CCCCCCCC(=O)O[C@H](COC(=O)CCCCCCCCCCCCC(C)C)COP(=O)(O)OC[C@@H](O)COP(=O)(O)OC[C@@H](COC(=O)CCCCCCCCC(C)C)OC(=O)CCCCCCCCCCCCC(C)CC. The zero-order valence-corrected chi connectivity index (χ0v) is 60.6. The number of phosphoric acid groups is 2. The van der Waals surface area contributed by atoms with E-state index in [1.807, 2.05) is 0 Å². The van der Waals surface area contributed by atoms with Gasteiger partial charge in [0.15, 0.2) is 12.2 Å². The summed E-state index contributed by atoms with van der Waals surface area (Å²) in [6, 6.07) is 0. The monoisotopic (exact) mass is 1330 g/mol. The van der Waals surface area contributed by atoms with Crippen LogP contribution in [0.4, 0.5) is 0 Å². The molecule has 19 heteroatoms. The summed E-state index contributed by atoms with van der Waals surface area (Å²) in [6.45, 7) is 11.7. The van der Waals surface area contributed by atoms with Crippen LogP contribution in [0.1, 0.15) is 337 Å². The highest BCUT2D eigenvalue weighted by molar-refractivity contribution is 7.47. The van der Waals surface area contributed by atoms with Crippen molar-refractivity contribution in [3.05, 3.63) is 24.3 Å². The molecular weight excluding hydrogens is 1200 g/mol. The molecule has 0 aliphatic carbocycles. The molecule has 0 aromatic rings. The van der Waals surface area contributed by atoms with E-state index >= 15 is 0 Å². The highest BCUT2D eigenvalue weighted by Gasteiger charge is 2.30. The summed E-state index contributed by atoms with van der Waals surface area (Å²) in [4.78, 5) is 72.6. The highest BCUT2D eigenvalue weighted by atomic mass is 31.2. The number of carbonyl (C=O) groups excluding carboxylic acids is 4. The van der Waals surface area contributed by atoms with E-state index in [1.54, 1.807) is 0 Å². The Morgan fingerprint density at radius 2 is 0.648 bits per heavy atom. The number of hydrogen-bond acceptors (Lipinski definition) is 15. The van der Waals surface area contributed by atoms with Gasteiger partial charge in [-0.05, 0) is 69.1 Å². The fraction of sp³-hybridized carbons (Fsp3) is 0.889. The van der Waals surface area contributed by atoms with Crippen molar-refractivity contribution in [3.63, 3.8) is 0 Å².